The van der Waals surface area contributed by atoms with E-state index in [1.165, 1.54) is 0 Å². The van der Waals surface area contributed by atoms with E-state index >= 15 is 0 Å². The summed E-state index contributed by atoms with van der Waals surface area (Å²) in [5.41, 5.74) is 7.06. The fourth-order valence-electron chi connectivity index (χ4n) is 2.49. The molecule has 0 aromatic heterocycles. The molecule has 27 heavy (non-hydrogen) atoms. The zero-order valence-electron chi connectivity index (χ0n) is 16.2. The molecule has 0 aliphatic carbocycles. The van der Waals surface area contributed by atoms with Gasteiger partial charge in [0.15, 0.2) is 6.10 Å². The number of benzene rings is 2. The van der Waals surface area contributed by atoms with Crippen molar-refractivity contribution < 1.29 is 19.1 Å². The van der Waals surface area contributed by atoms with Crippen LogP contribution in [0.3, 0.4) is 0 Å². The van der Waals surface area contributed by atoms with Crippen LogP contribution < -0.4 is 20.3 Å². The molecule has 0 saturated heterocycles. The van der Waals surface area contributed by atoms with Crippen molar-refractivity contribution in [1.29, 1.82) is 0 Å². The van der Waals surface area contributed by atoms with E-state index in [1.54, 1.807) is 31.2 Å². The van der Waals surface area contributed by atoms with Crippen LogP contribution in [0.25, 0.3) is 0 Å². The summed E-state index contributed by atoms with van der Waals surface area (Å²) >= 11 is 0. The molecule has 0 radical (unpaired) electrons. The molecular weight excluding hydrogens is 344 g/mol. The average Bonchev–Trinajstić information content (AvgIpc) is 2.67. The van der Waals surface area contributed by atoms with E-state index in [-0.39, 0.29) is 0 Å². The number of amides is 2. The summed E-state index contributed by atoms with van der Waals surface area (Å²) < 4.78 is 11.3. The van der Waals surface area contributed by atoms with Crippen LogP contribution in [0.2, 0.25) is 0 Å². The number of nitrogens with one attached hydrogen (secondary N) is 2. The molecule has 2 aromatic rings. The van der Waals surface area contributed by atoms with Gasteiger partial charge in [0.1, 0.15) is 11.5 Å². The maximum absolute atomic E-state index is 12.4. The standard InChI is InChI=1S/C21H26N2O4/c1-5-13-26-18-12-7-6-11-17(18)21(25)23-22-20(24)16(4)27-19-14(2)9-8-10-15(19)3/h6-12,16H,5,13H2,1-4H3,(H,22,24)(H,23,25). The van der Waals surface area contributed by atoms with Crippen molar-refractivity contribution in [2.45, 2.75) is 40.2 Å². The molecule has 6 heteroatoms. The molecular formula is C21H26N2O4. The van der Waals surface area contributed by atoms with Crippen molar-refractivity contribution in [1.82, 2.24) is 10.9 Å². The third kappa shape index (κ3) is 5.48. The Bertz CT molecular complexity index is 784. The molecule has 2 N–H and O–H groups in total. The Morgan fingerprint density at radius 2 is 1.67 bits per heavy atom. The van der Waals surface area contributed by atoms with Gasteiger partial charge in [-0.1, -0.05) is 37.3 Å². The highest BCUT2D eigenvalue weighted by atomic mass is 16.5. The van der Waals surface area contributed by atoms with Gasteiger partial charge < -0.3 is 9.47 Å². The third-order valence-electron chi connectivity index (χ3n) is 3.97. The van der Waals surface area contributed by atoms with Gasteiger partial charge in [0.05, 0.1) is 12.2 Å². The van der Waals surface area contributed by atoms with E-state index in [9.17, 15) is 9.59 Å². The minimum Gasteiger partial charge on any atom is -0.493 e. The van der Waals surface area contributed by atoms with Gasteiger partial charge in [-0.25, -0.2) is 0 Å². The summed E-state index contributed by atoms with van der Waals surface area (Å²) in [6.45, 7) is 7.97. The molecule has 0 bridgehead atoms. The Morgan fingerprint density at radius 3 is 2.33 bits per heavy atom. The lowest BCUT2D eigenvalue weighted by Crippen LogP contribution is -2.47. The highest BCUT2D eigenvalue weighted by Gasteiger charge is 2.19. The Labute approximate surface area is 159 Å². The Morgan fingerprint density at radius 1 is 1.00 bits per heavy atom. The molecule has 0 aliphatic rings. The van der Waals surface area contributed by atoms with Crippen molar-refractivity contribution in [2.75, 3.05) is 6.61 Å². The Kier molecular flexibility index (Phi) is 7.23. The zero-order chi connectivity index (χ0) is 19.8. The van der Waals surface area contributed by atoms with Gasteiger partial charge in [-0.05, 0) is 50.5 Å². The van der Waals surface area contributed by atoms with Gasteiger partial charge in [0, 0.05) is 0 Å². The van der Waals surface area contributed by atoms with Gasteiger partial charge in [0.2, 0.25) is 0 Å². The van der Waals surface area contributed by atoms with Gasteiger partial charge in [0.25, 0.3) is 11.8 Å². The van der Waals surface area contributed by atoms with Gasteiger partial charge in [-0.2, -0.15) is 0 Å². The van der Waals surface area contributed by atoms with E-state index in [0.717, 1.165) is 17.5 Å². The van der Waals surface area contributed by atoms with Crippen LogP contribution in [0.4, 0.5) is 0 Å². The Balaban J connectivity index is 1.96. The van der Waals surface area contributed by atoms with E-state index in [1.807, 2.05) is 39.0 Å². The maximum atomic E-state index is 12.4. The molecule has 2 aromatic carbocycles. The Hall–Kier alpha value is -3.02. The van der Waals surface area contributed by atoms with Crippen molar-refractivity contribution in [3.63, 3.8) is 0 Å². The predicted molar refractivity (Wildman–Crippen MR) is 104 cm³/mol. The fourth-order valence-corrected chi connectivity index (χ4v) is 2.49. The summed E-state index contributed by atoms with van der Waals surface area (Å²) in [6.07, 6.45) is 0.0662. The minimum absolute atomic E-state index is 0.356. The lowest BCUT2D eigenvalue weighted by atomic mass is 10.1. The fraction of sp³-hybridized carbons (Fsp3) is 0.333. The zero-order valence-corrected chi connectivity index (χ0v) is 16.2. The summed E-state index contributed by atoms with van der Waals surface area (Å²) in [4.78, 5) is 24.7. The molecule has 0 saturated carbocycles. The molecule has 0 aliphatic heterocycles. The van der Waals surface area contributed by atoms with Crippen LogP contribution in [0, 0.1) is 13.8 Å². The molecule has 2 rings (SSSR count). The number of rotatable bonds is 7. The second-order valence-electron chi connectivity index (χ2n) is 6.27. The smallest absolute Gasteiger partial charge is 0.279 e. The largest absolute Gasteiger partial charge is 0.493 e. The third-order valence-corrected chi connectivity index (χ3v) is 3.97. The quantitative estimate of drug-likeness (QED) is 0.733. The molecule has 144 valence electrons. The molecule has 6 nitrogen and oxygen atoms in total. The van der Waals surface area contributed by atoms with Crippen LogP contribution >= 0.6 is 0 Å². The van der Waals surface area contributed by atoms with Crippen LogP contribution in [0.15, 0.2) is 42.5 Å². The topological polar surface area (TPSA) is 76.7 Å². The normalized spacial score (nSPS) is 11.4. The highest BCUT2D eigenvalue weighted by molar-refractivity contribution is 5.98. The minimum atomic E-state index is -0.767. The highest BCUT2D eigenvalue weighted by Crippen LogP contribution is 2.23. The van der Waals surface area contributed by atoms with Crippen molar-refractivity contribution >= 4 is 11.8 Å². The second kappa shape index (κ2) is 9.62. The van der Waals surface area contributed by atoms with Crippen molar-refractivity contribution in [2.24, 2.45) is 0 Å². The number of para-hydroxylation sites is 2. The first kappa shape index (κ1) is 20.3. The predicted octanol–water partition coefficient (Wildman–Crippen LogP) is 3.32. The molecule has 0 fully saturated rings. The molecule has 1 unspecified atom stereocenters. The second-order valence-corrected chi connectivity index (χ2v) is 6.27. The monoisotopic (exact) mass is 370 g/mol. The van der Waals surface area contributed by atoms with E-state index in [2.05, 4.69) is 10.9 Å². The first-order valence-corrected chi connectivity index (χ1v) is 8.99. The number of carbonyl (C=O) groups excluding carboxylic acids is 2. The molecule has 1 atom stereocenters. The summed E-state index contributed by atoms with van der Waals surface area (Å²) in [5, 5.41) is 0. The number of hydrogen-bond donors (Lipinski definition) is 2. The van der Waals surface area contributed by atoms with Crippen LogP contribution in [0.5, 0.6) is 11.5 Å². The maximum Gasteiger partial charge on any atom is 0.279 e. The van der Waals surface area contributed by atoms with Crippen LogP contribution in [0.1, 0.15) is 41.8 Å². The molecule has 2 amide bonds. The SMILES string of the molecule is CCCOc1ccccc1C(=O)NNC(=O)C(C)Oc1c(C)cccc1C. The van der Waals surface area contributed by atoms with Gasteiger partial charge >= 0.3 is 0 Å². The van der Waals surface area contributed by atoms with Gasteiger partial charge in [-0.3, -0.25) is 20.4 Å². The van der Waals surface area contributed by atoms with Gasteiger partial charge in [-0.15, -0.1) is 0 Å². The van der Waals surface area contributed by atoms with E-state index in [0.29, 0.717) is 23.7 Å². The number of hydrazine groups is 1. The lowest BCUT2D eigenvalue weighted by Gasteiger charge is -2.18. The average molecular weight is 370 g/mol. The number of carbonyl (C=O) groups is 2. The van der Waals surface area contributed by atoms with E-state index < -0.39 is 17.9 Å². The van der Waals surface area contributed by atoms with Crippen molar-refractivity contribution in [3.05, 3.63) is 59.2 Å². The summed E-state index contributed by atoms with van der Waals surface area (Å²) in [5.74, 6) is 0.253. The summed E-state index contributed by atoms with van der Waals surface area (Å²) in [6, 6.07) is 12.7. The number of hydrogen-bond acceptors (Lipinski definition) is 4. The molecule has 0 heterocycles. The number of ether oxygens (including phenoxy) is 2. The van der Waals surface area contributed by atoms with E-state index in [4.69, 9.17) is 9.47 Å². The summed E-state index contributed by atoms with van der Waals surface area (Å²) in [7, 11) is 0. The first-order valence-electron chi connectivity index (χ1n) is 8.99. The van der Waals surface area contributed by atoms with Crippen LogP contribution in [-0.2, 0) is 4.79 Å². The number of aryl methyl sites for hydroxylation is 2. The van der Waals surface area contributed by atoms with Crippen molar-refractivity contribution in [3.8, 4) is 11.5 Å². The molecule has 0 spiro atoms. The first-order chi connectivity index (χ1) is 12.9. The van der Waals surface area contributed by atoms with Crippen LogP contribution in [-0.4, -0.2) is 24.5 Å². The lowest BCUT2D eigenvalue weighted by molar-refractivity contribution is -0.128.